The number of nitrogens with one attached hydrogen (secondary N) is 5. The van der Waals surface area contributed by atoms with Crippen LogP contribution in [-0.2, 0) is 109 Å². The molecule has 688 valence electrons. The van der Waals surface area contributed by atoms with E-state index < -0.39 is 378 Å². The molecule has 5 amide bonds. The van der Waals surface area contributed by atoms with Crippen molar-refractivity contribution < 1.29 is 237 Å². The molecule has 0 aliphatic carbocycles. The summed E-state index contributed by atoms with van der Waals surface area (Å²) in [7, 11) is 0. The van der Waals surface area contributed by atoms with Gasteiger partial charge in [-0.1, -0.05) is 0 Å². The summed E-state index contributed by atoms with van der Waals surface area (Å²) in [5.74, 6) is -3.71. The monoisotopic (exact) mass is 1740 g/mol. The van der Waals surface area contributed by atoms with Gasteiger partial charge in [0.15, 0.2) is 56.6 Å². The van der Waals surface area contributed by atoms with Crippen molar-refractivity contribution in [3.8, 4) is 0 Å². The third-order valence-electron chi connectivity index (χ3n) is 21.3. The van der Waals surface area contributed by atoms with Crippen LogP contribution in [0.25, 0.3) is 0 Å². The number of aliphatic hydroxyl groups excluding tert-OH is 25. The average molecular weight is 1740 g/mol. The number of rotatable bonds is 35. The number of hydrogen-bond donors (Lipinski definition) is 30. The zero-order chi connectivity index (χ0) is 87.6. The van der Waals surface area contributed by atoms with Crippen molar-refractivity contribution in [1.82, 2.24) is 26.6 Å². The third-order valence-corrected chi connectivity index (χ3v) is 21.3. The van der Waals surface area contributed by atoms with Gasteiger partial charge in [0.05, 0.1) is 78.7 Å². The fourth-order valence-electron chi connectivity index (χ4n) is 15.1. The number of ether oxygens (including phenoxy) is 18. The Morgan fingerprint density at radius 2 is 0.538 bits per heavy atom. The van der Waals surface area contributed by atoms with Gasteiger partial charge >= 0.3 is 0 Å². The van der Waals surface area contributed by atoms with Crippen LogP contribution in [-0.4, -0.2) is 513 Å². The van der Waals surface area contributed by atoms with Gasteiger partial charge in [-0.2, -0.15) is 0 Å². The molecule has 119 heavy (non-hydrogen) atoms. The lowest BCUT2D eigenvalue weighted by molar-refractivity contribution is -0.389. The van der Waals surface area contributed by atoms with Crippen molar-refractivity contribution in [1.29, 1.82) is 0 Å². The highest BCUT2D eigenvalue weighted by molar-refractivity contribution is 5.74. The summed E-state index contributed by atoms with van der Waals surface area (Å²) in [6.45, 7) is -7.12. The second kappa shape index (κ2) is 44.2. The van der Waals surface area contributed by atoms with Crippen molar-refractivity contribution in [3.05, 3.63) is 0 Å². The number of hydrogen-bond acceptors (Lipinski definition) is 48. The van der Waals surface area contributed by atoms with E-state index in [-0.39, 0.29) is 6.41 Å². The highest BCUT2D eigenvalue weighted by Gasteiger charge is 2.61. The predicted octanol–water partition coefficient (Wildman–Crippen LogP) is -20.9. The first-order chi connectivity index (χ1) is 56.5. The average Bonchev–Trinajstić information content (AvgIpc) is 0.690. The van der Waals surface area contributed by atoms with Gasteiger partial charge in [-0.15, -0.1) is 0 Å². The molecular weight excluding hydrogens is 1630 g/mol. The largest absolute Gasteiger partial charge is 0.394 e. The lowest BCUT2D eigenvalue weighted by atomic mass is 9.93. The van der Waals surface area contributed by atoms with Gasteiger partial charge in [0.1, 0.15) is 219 Å². The maximum absolute atomic E-state index is 13.2. The van der Waals surface area contributed by atoms with E-state index in [1.165, 1.54) is 0 Å². The van der Waals surface area contributed by atoms with Crippen LogP contribution < -0.4 is 26.6 Å². The molecule has 0 bridgehead atoms. The Bertz CT molecular complexity index is 3160. The van der Waals surface area contributed by atoms with E-state index in [0.717, 1.165) is 27.7 Å². The fraction of sp³-hybridized carbons (Fsp3) is 0.924. The zero-order valence-electron chi connectivity index (χ0n) is 64.0. The van der Waals surface area contributed by atoms with Gasteiger partial charge in [0.2, 0.25) is 30.0 Å². The van der Waals surface area contributed by atoms with Crippen LogP contribution in [0.15, 0.2) is 0 Å². The summed E-state index contributed by atoms with van der Waals surface area (Å²) < 4.78 is 106. The lowest BCUT2D eigenvalue weighted by Crippen LogP contribution is -2.71. The Balaban J connectivity index is 0.997. The molecular formula is C66H111N5O48. The Hall–Kier alpha value is -4.37. The Morgan fingerprint density at radius 3 is 0.882 bits per heavy atom. The van der Waals surface area contributed by atoms with Gasteiger partial charge in [0, 0.05) is 27.7 Å². The zero-order valence-corrected chi connectivity index (χ0v) is 64.0. The molecule has 0 radical (unpaired) electrons. The highest BCUT2D eigenvalue weighted by Crippen LogP contribution is 2.40. The first-order valence-electron chi connectivity index (χ1n) is 37.8. The van der Waals surface area contributed by atoms with Crippen LogP contribution in [0, 0.1) is 0 Å². The molecule has 30 N–H and O–H groups in total. The maximum atomic E-state index is 13.2. The van der Waals surface area contributed by atoms with E-state index >= 15 is 0 Å². The van der Waals surface area contributed by atoms with Crippen LogP contribution in [0.4, 0.5) is 0 Å². The standard InChI is InChI=1S/C66H111N5O48/c1-17(82)68-31-40(91)35(86)22(6-73)104-59(31)117-55-37(88)24(8-75)106-64(48(55)99)114-51-26(10-77)108-58(32(41(51)92)69-18(2)83)103-15-30-39(90)57(119-61-33(70-19(3)84)42(93)52(27(11-78)109-61)113-63-46(97)44(95)36(87)23(7-74)105-63)50(101)66(112-30)115-53-28(12-79)110-60(34(43(53)94)71-20(4)85)118-56-38(89)25(9-76)107-65(49(56)100)116-54-29(13-80)111-62(47(98)45(54)96)102-14-21(5-72)67-16-81/h16,21-66,72-80,86-101H,5-15H2,1-4H3,(H,67,81)(H,68,82)(H,69,83)(H,70,84)(H,71,85)/t21-,22-,23-,24-,25-,26-,27-,28-,29-,30-,31-,32-,33-,34-,35+,36+,37+,38+,39+,40-,41-,42-,43-,44+,45-,46-,47-,48-,49-,50-,51-,52-,53-,54-,55+,56+,57+,58-,59-,60+,61+,62-,63+,64+,65+,66+/m1/s1. The fourth-order valence-corrected chi connectivity index (χ4v) is 15.1. The smallest absolute Gasteiger partial charge is 0.217 e. The minimum Gasteiger partial charge on any atom is -0.394 e. The second-order valence-electron chi connectivity index (χ2n) is 29.6. The van der Waals surface area contributed by atoms with Gasteiger partial charge in [-0.25, -0.2) is 0 Å². The predicted molar refractivity (Wildman–Crippen MR) is 367 cm³/mol. The molecule has 0 aromatic carbocycles. The van der Waals surface area contributed by atoms with E-state index in [1.54, 1.807) is 0 Å². The molecule has 9 rings (SSSR count). The molecule has 0 aromatic rings. The number of aliphatic hydroxyl groups is 25. The van der Waals surface area contributed by atoms with Crippen molar-refractivity contribution in [3.63, 3.8) is 0 Å². The summed E-state index contributed by atoms with van der Waals surface area (Å²) >= 11 is 0. The summed E-state index contributed by atoms with van der Waals surface area (Å²) in [5, 5.41) is 290. The summed E-state index contributed by atoms with van der Waals surface area (Å²) in [5.41, 5.74) is 0. The van der Waals surface area contributed by atoms with Crippen LogP contribution in [0.5, 0.6) is 0 Å². The quantitative estimate of drug-likeness (QED) is 0.0262. The molecule has 0 spiro atoms. The Kier molecular flexibility index (Phi) is 36.5. The molecule has 0 saturated carbocycles. The van der Waals surface area contributed by atoms with Crippen molar-refractivity contribution in [2.24, 2.45) is 0 Å². The van der Waals surface area contributed by atoms with E-state index in [4.69, 9.17) is 85.3 Å². The minimum absolute atomic E-state index is 0.244. The summed E-state index contributed by atoms with van der Waals surface area (Å²) in [4.78, 5) is 62.5. The topological polar surface area (TPSA) is 817 Å². The van der Waals surface area contributed by atoms with E-state index in [9.17, 15) is 152 Å². The van der Waals surface area contributed by atoms with Crippen LogP contribution in [0.3, 0.4) is 0 Å². The van der Waals surface area contributed by atoms with E-state index in [1.807, 2.05) is 0 Å². The van der Waals surface area contributed by atoms with Crippen LogP contribution in [0.1, 0.15) is 27.7 Å². The van der Waals surface area contributed by atoms with Crippen LogP contribution in [0.2, 0.25) is 0 Å². The van der Waals surface area contributed by atoms with E-state index in [0.29, 0.717) is 0 Å². The molecule has 9 aliphatic rings. The molecule has 0 aromatic heterocycles. The van der Waals surface area contributed by atoms with Gasteiger partial charge in [0.25, 0.3) is 0 Å². The van der Waals surface area contributed by atoms with Gasteiger partial charge < -0.3 is 240 Å². The lowest BCUT2D eigenvalue weighted by Gasteiger charge is -2.51. The normalized spacial score (nSPS) is 46.9. The van der Waals surface area contributed by atoms with Gasteiger partial charge in [-0.05, 0) is 0 Å². The SMILES string of the molecule is CC(=O)N[C@H]1[C@H](O[C@H]2[C@@H](O)[C@@H](CO[C@@H]3O[C@H](CO)[C@@H](O[C@@H]4O[C@H](CO)[C@H](O)[C@H](O[C@H]5O[C@H](CO)[C@H](O)[C@H](O)[C@H]5NC(C)=O)[C@H]4O)[C@H](O)[C@H]3NC(C)=O)O[C@@H](O[C@H]3[C@H](O)[C@@H](NC(C)=O)[C@H](O[C@H]4[C@@H](O)[C@@H](CO)O[C@@H](O[C@H]5[C@H](O)[C@@H](O)[C@H](OC[C@@H](CO)NC=O)O[C@@H]5CO)[C@@H]4O)O[C@@H]3CO)[C@@H]2O)O[C@H](CO)[C@@H](O[C@@H]2O[C@H](CO)[C@H](O)[C@H](O)[C@H]2O)[C@@H]1O. The summed E-state index contributed by atoms with van der Waals surface area (Å²) in [6.07, 6.45) is -83.7. The third kappa shape index (κ3) is 22.5. The van der Waals surface area contributed by atoms with Crippen molar-refractivity contribution in [2.45, 2.75) is 310 Å². The summed E-state index contributed by atoms with van der Waals surface area (Å²) in [6, 6.07) is -8.60. The number of carbonyl (C=O) groups is 5. The van der Waals surface area contributed by atoms with E-state index in [2.05, 4.69) is 26.6 Å². The van der Waals surface area contributed by atoms with Crippen molar-refractivity contribution in [2.75, 3.05) is 72.7 Å². The number of amides is 5. The highest BCUT2D eigenvalue weighted by atomic mass is 16.8. The Labute approximate surface area is 674 Å². The molecule has 9 heterocycles. The Morgan fingerprint density at radius 1 is 0.277 bits per heavy atom. The number of carbonyl (C=O) groups excluding carboxylic acids is 5. The molecule has 0 unspecified atom stereocenters. The molecule has 9 saturated heterocycles. The molecule has 53 nitrogen and oxygen atoms in total. The van der Waals surface area contributed by atoms with Gasteiger partial charge in [-0.3, -0.25) is 24.0 Å². The van der Waals surface area contributed by atoms with Crippen molar-refractivity contribution >= 4 is 30.0 Å². The van der Waals surface area contributed by atoms with Crippen LogP contribution >= 0.6 is 0 Å². The first kappa shape index (κ1) is 98.4. The first-order valence-corrected chi connectivity index (χ1v) is 37.8. The minimum atomic E-state index is -2.52. The second-order valence-corrected chi connectivity index (χ2v) is 29.6. The molecule has 53 heteroatoms. The molecule has 9 aliphatic heterocycles. The molecule has 9 fully saturated rings. The maximum Gasteiger partial charge on any atom is 0.217 e. The molecule has 46 atom stereocenters.